The number of primary amides is 2. The summed E-state index contributed by atoms with van der Waals surface area (Å²) in [5.74, 6) is -0.503. The second-order valence-electron chi connectivity index (χ2n) is 2.77. The van der Waals surface area contributed by atoms with Gasteiger partial charge in [-0.1, -0.05) is 0 Å². The second-order valence-corrected chi connectivity index (χ2v) is 2.77. The molecule has 0 fully saturated rings. The fraction of sp³-hybridized carbons (Fsp3) is 0.714. The zero-order chi connectivity index (χ0) is 10.4. The lowest BCUT2D eigenvalue weighted by molar-refractivity contribution is -0.118. The smallest absolute Gasteiger partial charge is 0.315 e. The fourth-order valence-corrected chi connectivity index (χ4v) is 1.06. The first-order chi connectivity index (χ1) is 5.99. The van der Waals surface area contributed by atoms with Crippen molar-refractivity contribution in [1.82, 2.24) is 4.90 Å². The molecule has 0 bridgehead atoms. The van der Waals surface area contributed by atoms with Gasteiger partial charge in [0, 0.05) is 19.0 Å². The van der Waals surface area contributed by atoms with Crippen molar-refractivity contribution >= 4 is 11.9 Å². The Bertz CT molecular complexity index is 195. The molecule has 0 aliphatic heterocycles. The molecular weight excluding hydrogens is 174 g/mol. The maximum atomic E-state index is 10.8. The van der Waals surface area contributed by atoms with Crippen LogP contribution in [0.3, 0.4) is 0 Å². The molecule has 0 aromatic rings. The van der Waals surface area contributed by atoms with E-state index in [0.29, 0.717) is 0 Å². The van der Waals surface area contributed by atoms with Crippen LogP contribution in [-0.4, -0.2) is 41.1 Å². The van der Waals surface area contributed by atoms with E-state index in [2.05, 4.69) is 0 Å². The van der Waals surface area contributed by atoms with Gasteiger partial charge in [0.1, 0.15) is 0 Å². The molecule has 0 rings (SSSR count). The van der Waals surface area contributed by atoms with E-state index in [-0.39, 0.29) is 25.6 Å². The highest BCUT2D eigenvalue weighted by molar-refractivity contribution is 5.76. The molecule has 0 aromatic carbocycles. The highest BCUT2D eigenvalue weighted by Crippen LogP contribution is 2.02. The minimum absolute atomic E-state index is 0.0446. The first kappa shape index (κ1) is 11.7. The van der Waals surface area contributed by atoms with E-state index in [0.717, 1.165) is 0 Å². The molecule has 6 nitrogen and oxygen atoms in total. The molecule has 0 heterocycles. The quantitative estimate of drug-likeness (QED) is 0.496. The van der Waals surface area contributed by atoms with E-state index in [9.17, 15) is 9.59 Å². The van der Waals surface area contributed by atoms with Gasteiger partial charge in [-0.2, -0.15) is 0 Å². The number of nitrogens with two attached hydrogens (primary N) is 2. The van der Waals surface area contributed by atoms with Crippen molar-refractivity contribution < 1.29 is 14.7 Å². The molecule has 0 saturated carbocycles. The van der Waals surface area contributed by atoms with Crippen molar-refractivity contribution in [2.45, 2.75) is 19.4 Å². The van der Waals surface area contributed by atoms with Crippen molar-refractivity contribution in [3.63, 3.8) is 0 Å². The zero-order valence-corrected chi connectivity index (χ0v) is 7.56. The summed E-state index contributed by atoms with van der Waals surface area (Å²) in [6.45, 7) is 1.57. The summed E-state index contributed by atoms with van der Waals surface area (Å²) in [6.07, 6.45) is 0.0446. The third-order valence-corrected chi connectivity index (χ3v) is 1.65. The summed E-state index contributed by atoms with van der Waals surface area (Å²) in [7, 11) is 0. The normalized spacial score (nSPS) is 12.2. The molecule has 1 unspecified atom stereocenters. The minimum atomic E-state index is -0.664. The van der Waals surface area contributed by atoms with E-state index in [1.807, 2.05) is 0 Å². The first-order valence-corrected chi connectivity index (χ1v) is 3.94. The number of aliphatic hydroxyl groups excluding tert-OH is 1. The number of carbonyl (C=O) groups excluding carboxylic acids is 2. The topological polar surface area (TPSA) is 110 Å². The Labute approximate surface area is 76.5 Å². The molecule has 13 heavy (non-hydrogen) atoms. The summed E-state index contributed by atoms with van der Waals surface area (Å²) in [4.78, 5) is 22.5. The van der Waals surface area contributed by atoms with Crippen LogP contribution in [-0.2, 0) is 4.79 Å². The molecule has 1 atom stereocenters. The van der Waals surface area contributed by atoms with Crippen LogP contribution in [0.5, 0.6) is 0 Å². The maximum Gasteiger partial charge on any atom is 0.315 e. The second kappa shape index (κ2) is 5.36. The maximum absolute atomic E-state index is 10.8. The van der Waals surface area contributed by atoms with Crippen LogP contribution in [0.1, 0.15) is 13.3 Å². The van der Waals surface area contributed by atoms with Crippen LogP contribution in [0.4, 0.5) is 4.79 Å². The Kier molecular flexibility index (Phi) is 4.83. The summed E-state index contributed by atoms with van der Waals surface area (Å²) < 4.78 is 0. The summed E-state index contributed by atoms with van der Waals surface area (Å²) in [5.41, 5.74) is 9.97. The van der Waals surface area contributed by atoms with Gasteiger partial charge in [-0.25, -0.2) is 4.79 Å². The van der Waals surface area contributed by atoms with Gasteiger partial charge in [-0.15, -0.1) is 0 Å². The van der Waals surface area contributed by atoms with Gasteiger partial charge < -0.3 is 21.5 Å². The lowest BCUT2D eigenvalue weighted by Gasteiger charge is -2.25. The molecule has 6 heteroatoms. The number of hydrogen-bond acceptors (Lipinski definition) is 3. The lowest BCUT2D eigenvalue weighted by atomic mass is 10.2. The summed E-state index contributed by atoms with van der Waals surface area (Å²) >= 11 is 0. The van der Waals surface area contributed by atoms with E-state index < -0.39 is 11.9 Å². The number of carbonyl (C=O) groups is 2. The Balaban J connectivity index is 4.18. The average molecular weight is 189 g/mol. The Morgan fingerprint density at radius 1 is 1.46 bits per heavy atom. The Hall–Kier alpha value is -1.30. The van der Waals surface area contributed by atoms with E-state index >= 15 is 0 Å². The van der Waals surface area contributed by atoms with Gasteiger partial charge in [0.05, 0.1) is 6.61 Å². The van der Waals surface area contributed by atoms with Crippen LogP contribution >= 0.6 is 0 Å². The molecule has 0 aliphatic rings. The van der Waals surface area contributed by atoms with Gasteiger partial charge in [0.2, 0.25) is 5.91 Å². The molecule has 0 radical (unpaired) electrons. The number of urea groups is 1. The SMILES string of the molecule is CC(CC(N)=O)N(CCO)C(N)=O. The van der Waals surface area contributed by atoms with Gasteiger partial charge in [0.15, 0.2) is 0 Å². The highest BCUT2D eigenvalue weighted by Gasteiger charge is 2.18. The standard InChI is InChI=1S/C7H15N3O3/c1-5(4-6(8)12)10(2-3-11)7(9)13/h5,11H,2-4H2,1H3,(H2,8,12)(H2,9,13). The lowest BCUT2D eigenvalue weighted by Crippen LogP contribution is -2.45. The molecule has 76 valence electrons. The van der Waals surface area contributed by atoms with E-state index in [4.69, 9.17) is 16.6 Å². The van der Waals surface area contributed by atoms with Gasteiger partial charge in [-0.05, 0) is 6.92 Å². The largest absolute Gasteiger partial charge is 0.395 e. The Morgan fingerprint density at radius 3 is 2.31 bits per heavy atom. The highest BCUT2D eigenvalue weighted by atomic mass is 16.3. The minimum Gasteiger partial charge on any atom is -0.395 e. The number of nitrogens with zero attached hydrogens (tertiary/aromatic N) is 1. The van der Waals surface area contributed by atoms with Gasteiger partial charge in [0.25, 0.3) is 0 Å². The zero-order valence-electron chi connectivity index (χ0n) is 7.56. The number of aliphatic hydroxyl groups is 1. The first-order valence-electron chi connectivity index (χ1n) is 3.94. The number of amides is 3. The van der Waals surface area contributed by atoms with Crippen molar-refractivity contribution in [2.75, 3.05) is 13.2 Å². The Morgan fingerprint density at radius 2 is 2.00 bits per heavy atom. The monoisotopic (exact) mass is 189 g/mol. The van der Waals surface area contributed by atoms with Crippen LogP contribution in [0.15, 0.2) is 0 Å². The van der Waals surface area contributed by atoms with E-state index in [1.165, 1.54) is 4.90 Å². The molecular formula is C7H15N3O3. The van der Waals surface area contributed by atoms with Gasteiger partial charge in [-0.3, -0.25) is 4.79 Å². The third-order valence-electron chi connectivity index (χ3n) is 1.65. The van der Waals surface area contributed by atoms with Crippen LogP contribution in [0, 0.1) is 0 Å². The molecule has 0 aliphatic carbocycles. The molecule has 5 N–H and O–H groups in total. The number of rotatable bonds is 5. The van der Waals surface area contributed by atoms with Crippen molar-refractivity contribution in [1.29, 1.82) is 0 Å². The van der Waals surface area contributed by atoms with Crippen LogP contribution in [0.25, 0.3) is 0 Å². The molecule has 0 saturated heterocycles. The number of hydrogen-bond donors (Lipinski definition) is 3. The fourth-order valence-electron chi connectivity index (χ4n) is 1.06. The van der Waals surface area contributed by atoms with Crippen LogP contribution in [0.2, 0.25) is 0 Å². The third kappa shape index (κ3) is 4.32. The van der Waals surface area contributed by atoms with Crippen molar-refractivity contribution in [3.8, 4) is 0 Å². The summed E-state index contributed by atoms with van der Waals surface area (Å²) in [5, 5.41) is 8.60. The molecule has 0 aromatic heterocycles. The van der Waals surface area contributed by atoms with Crippen molar-refractivity contribution in [3.05, 3.63) is 0 Å². The predicted octanol–water partition coefficient (Wildman–Crippen LogP) is -1.38. The average Bonchev–Trinajstić information content (AvgIpc) is 1.97. The van der Waals surface area contributed by atoms with E-state index in [1.54, 1.807) is 6.92 Å². The summed E-state index contributed by atoms with van der Waals surface area (Å²) in [6, 6.07) is -1.04. The molecule has 3 amide bonds. The van der Waals surface area contributed by atoms with Gasteiger partial charge >= 0.3 is 6.03 Å². The van der Waals surface area contributed by atoms with Crippen LogP contribution < -0.4 is 11.5 Å². The predicted molar refractivity (Wildman–Crippen MR) is 46.6 cm³/mol. The van der Waals surface area contributed by atoms with Crippen molar-refractivity contribution in [2.24, 2.45) is 11.5 Å². The molecule has 0 spiro atoms.